The number of hydrogen-bond acceptors (Lipinski definition) is 7. The van der Waals surface area contributed by atoms with Crippen molar-refractivity contribution in [2.24, 2.45) is 0 Å². The minimum Gasteiger partial charge on any atom is -0.483 e. The van der Waals surface area contributed by atoms with Crippen LogP contribution in [0.4, 0.5) is 8.78 Å². The zero-order chi connectivity index (χ0) is 21.3. The van der Waals surface area contributed by atoms with Gasteiger partial charge in [-0.1, -0.05) is 22.9 Å². The number of pyridine rings is 1. The van der Waals surface area contributed by atoms with E-state index in [2.05, 4.69) is 20.3 Å². The summed E-state index contributed by atoms with van der Waals surface area (Å²) in [5.74, 6) is -3.08. The standard InChI is InChI=1S/C19H18ClF2N5O2S/c1-26-4-6-27(7-5-26)25-18(28)16-12(21)2-3-14(17(16)22)29-10-15-24-13-8-11(20)9-23-19(13)30-15/h2-3,8-9H,4-7,10H2,1H3,(H,25,28). The van der Waals surface area contributed by atoms with E-state index in [0.717, 1.165) is 25.2 Å². The number of piperazine rings is 1. The van der Waals surface area contributed by atoms with E-state index in [9.17, 15) is 13.6 Å². The minimum absolute atomic E-state index is 0.0548. The molecule has 7 nitrogen and oxygen atoms in total. The lowest BCUT2D eigenvalue weighted by Crippen LogP contribution is -2.52. The Morgan fingerprint density at radius 1 is 1.30 bits per heavy atom. The molecule has 2 aromatic heterocycles. The second-order valence-corrected chi connectivity index (χ2v) is 8.34. The number of rotatable bonds is 5. The topological polar surface area (TPSA) is 70.6 Å². The zero-order valence-electron chi connectivity index (χ0n) is 16.0. The van der Waals surface area contributed by atoms with Crippen LogP contribution < -0.4 is 10.2 Å². The Morgan fingerprint density at radius 2 is 2.07 bits per heavy atom. The molecule has 0 spiro atoms. The SMILES string of the molecule is CN1CCN(NC(=O)c2c(F)ccc(OCc3nc4cc(Cl)cnc4s3)c2F)CC1. The van der Waals surface area contributed by atoms with E-state index in [1.54, 1.807) is 11.1 Å². The van der Waals surface area contributed by atoms with Crippen LogP contribution in [0.5, 0.6) is 5.75 Å². The molecule has 1 aliphatic rings. The van der Waals surface area contributed by atoms with Crippen molar-refractivity contribution >= 4 is 39.2 Å². The zero-order valence-corrected chi connectivity index (χ0v) is 17.6. The van der Waals surface area contributed by atoms with Gasteiger partial charge in [0.25, 0.3) is 5.91 Å². The van der Waals surface area contributed by atoms with E-state index in [1.807, 2.05) is 7.05 Å². The van der Waals surface area contributed by atoms with Crippen molar-refractivity contribution in [1.82, 2.24) is 25.3 Å². The Morgan fingerprint density at radius 3 is 2.83 bits per heavy atom. The van der Waals surface area contributed by atoms with Crippen LogP contribution in [0.2, 0.25) is 5.02 Å². The Kier molecular flexibility index (Phi) is 6.09. The molecule has 30 heavy (non-hydrogen) atoms. The minimum atomic E-state index is -1.05. The number of hydrogen-bond donors (Lipinski definition) is 1. The highest BCUT2D eigenvalue weighted by molar-refractivity contribution is 7.18. The van der Waals surface area contributed by atoms with Crippen LogP contribution >= 0.6 is 22.9 Å². The highest BCUT2D eigenvalue weighted by Crippen LogP contribution is 2.27. The first kappa shape index (κ1) is 20.9. The average Bonchev–Trinajstić information content (AvgIpc) is 3.11. The summed E-state index contributed by atoms with van der Waals surface area (Å²) in [7, 11) is 1.97. The average molecular weight is 454 g/mol. The van der Waals surface area contributed by atoms with E-state index >= 15 is 0 Å². The molecule has 1 N–H and O–H groups in total. The molecule has 0 unspecified atom stereocenters. The summed E-state index contributed by atoms with van der Waals surface area (Å²) in [6.07, 6.45) is 1.51. The lowest BCUT2D eigenvalue weighted by molar-refractivity contribution is 0.0653. The van der Waals surface area contributed by atoms with Crippen LogP contribution in [0.3, 0.4) is 0 Å². The maximum Gasteiger partial charge on any atom is 0.271 e. The number of halogens is 3. The molecule has 0 bridgehead atoms. The smallest absolute Gasteiger partial charge is 0.271 e. The number of benzene rings is 1. The van der Waals surface area contributed by atoms with E-state index in [4.69, 9.17) is 16.3 Å². The first-order chi connectivity index (χ1) is 14.4. The Hall–Kier alpha value is -2.40. The molecule has 0 radical (unpaired) electrons. The number of aromatic nitrogens is 2. The number of nitrogens with one attached hydrogen (secondary N) is 1. The van der Waals surface area contributed by atoms with Gasteiger partial charge in [-0.2, -0.15) is 0 Å². The fraction of sp³-hybridized carbons (Fsp3) is 0.316. The van der Waals surface area contributed by atoms with E-state index in [1.165, 1.54) is 17.5 Å². The summed E-state index contributed by atoms with van der Waals surface area (Å²) in [4.78, 5) is 23.8. The first-order valence-corrected chi connectivity index (χ1v) is 10.4. The number of nitrogens with zero attached hydrogens (tertiary/aromatic N) is 4. The second kappa shape index (κ2) is 8.76. The molecule has 158 valence electrons. The Labute approximate surface area is 180 Å². The summed E-state index contributed by atoms with van der Waals surface area (Å²) in [6, 6.07) is 3.83. The molecule has 4 rings (SSSR count). The van der Waals surface area contributed by atoms with Crippen molar-refractivity contribution in [3.8, 4) is 5.75 Å². The van der Waals surface area contributed by atoms with Gasteiger partial charge in [-0.15, -0.1) is 0 Å². The lowest BCUT2D eigenvalue weighted by atomic mass is 10.1. The maximum atomic E-state index is 14.9. The van der Waals surface area contributed by atoms with E-state index in [-0.39, 0.29) is 12.4 Å². The molecular weight excluding hydrogens is 436 g/mol. The summed E-state index contributed by atoms with van der Waals surface area (Å²) < 4.78 is 34.6. The lowest BCUT2D eigenvalue weighted by Gasteiger charge is -2.32. The number of hydrazine groups is 1. The van der Waals surface area contributed by atoms with Crippen molar-refractivity contribution in [3.05, 3.63) is 51.6 Å². The highest BCUT2D eigenvalue weighted by Gasteiger charge is 2.24. The third-order valence-corrected chi connectivity index (χ3v) is 5.81. The third-order valence-electron chi connectivity index (χ3n) is 4.66. The van der Waals surface area contributed by atoms with Crippen LogP contribution in [0.15, 0.2) is 24.4 Å². The summed E-state index contributed by atoms with van der Waals surface area (Å²) in [6.45, 7) is 2.57. The molecule has 1 fully saturated rings. The van der Waals surface area contributed by atoms with Gasteiger partial charge in [0.05, 0.1) is 5.02 Å². The van der Waals surface area contributed by atoms with Gasteiger partial charge in [-0.3, -0.25) is 10.2 Å². The van der Waals surface area contributed by atoms with Crippen LogP contribution in [0.25, 0.3) is 10.3 Å². The maximum absolute atomic E-state index is 14.9. The van der Waals surface area contributed by atoms with Gasteiger partial charge < -0.3 is 9.64 Å². The molecule has 0 aliphatic carbocycles. The van der Waals surface area contributed by atoms with Gasteiger partial charge in [0.2, 0.25) is 0 Å². The van der Waals surface area contributed by atoms with Gasteiger partial charge in [0.1, 0.15) is 33.3 Å². The molecule has 1 aliphatic heterocycles. The van der Waals surface area contributed by atoms with Gasteiger partial charge >= 0.3 is 0 Å². The molecule has 1 amide bonds. The van der Waals surface area contributed by atoms with Crippen LogP contribution in [-0.4, -0.2) is 59.0 Å². The largest absolute Gasteiger partial charge is 0.483 e. The van der Waals surface area contributed by atoms with E-state index < -0.39 is 23.1 Å². The predicted molar refractivity (Wildman–Crippen MR) is 110 cm³/mol. The number of fused-ring (bicyclic) bond motifs is 1. The third kappa shape index (κ3) is 4.51. The molecule has 3 aromatic rings. The normalized spacial score (nSPS) is 15.5. The molecule has 3 heterocycles. The van der Waals surface area contributed by atoms with Crippen molar-refractivity contribution < 1.29 is 18.3 Å². The van der Waals surface area contributed by atoms with Crippen molar-refractivity contribution in [2.75, 3.05) is 33.2 Å². The molecule has 11 heteroatoms. The fourth-order valence-electron chi connectivity index (χ4n) is 3.02. The van der Waals surface area contributed by atoms with Gasteiger partial charge in [0, 0.05) is 32.4 Å². The van der Waals surface area contributed by atoms with E-state index in [0.29, 0.717) is 33.5 Å². The van der Waals surface area contributed by atoms with Crippen LogP contribution in [-0.2, 0) is 6.61 Å². The number of likely N-dealkylation sites (N-methyl/N-ethyl adjacent to an activating group) is 1. The number of carbonyl (C=O) groups excluding carboxylic acids is 1. The predicted octanol–water partition coefficient (Wildman–Crippen LogP) is 3.09. The molecule has 1 aromatic carbocycles. The fourth-order valence-corrected chi connectivity index (χ4v) is 3.97. The number of amides is 1. The van der Waals surface area contributed by atoms with Crippen LogP contribution in [0, 0.1) is 11.6 Å². The summed E-state index contributed by atoms with van der Waals surface area (Å²) in [5.41, 5.74) is 2.50. The van der Waals surface area contributed by atoms with Crippen LogP contribution in [0.1, 0.15) is 15.4 Å². The monoisotopic (exact) mass is 453 g/mol. The molecule has 1 saturated heterocycles. The summed E-state index contributed by atoms with van der Waals surface area (Å²) in [5, 5.41) is 2.65. The van der Waals surface area contributed by atoms with Crippen molar-refractivity contribution in [3.63, 3.8) is 0 Å². The van der Waals surface area contributed by atoms with Crippen molar-refractivity contribution in [2.45, 2.75) is 6.61 Å². The second-order valence-electron chi connectivity index (χ2n) is 6.84. The van der Waals surface area contributed by atoms with Gasteiger partial charge in [-0.25, -0.2) is 23.8 Å². The Balaban J connectivity index is 1.48. The van der Waals surface area contributed by atoms with Crippen molar-refractivity contribution in [1.29, 1.82) is 0 Å². The molecular formula is C19H18ClF2N5O2S. The first-order valence-electron chi connectivity index (χ1n) is 9.17. The number of thiazole rings is 1. The quantitative estimate of drug-likeness (QED) is 0.640. The summed E-state index contributed by atoms with van der Waals surface area (Å²) >= 11 is 7.18. The van der Waals surface area contributed by atoms with Gasteiger partial charge in [-0.05, 0) is 25.2 Å². The highest BCUT2D eigenvalue weighted by atomic mass is 35.5. The number of carbonyl (C=O) groups is 1. The molecule has 0 saturated carbocycles. The van der Waals surface area contributed by atoms with Gasteiger partial charge in [0.15, 0.2) is 11.6 Å². The molecule has 0 atom stereocenters. The number of ether oxygens (including phenoxy) is 1. The Bertz CT molecular complexity index is 1090.